The van der Waals surface area contributed by atoms with Gasteiger partial charge in [0.1, 0.15) is 18.3 Å². The summed E-state index contributed by atoms with van der Waals surface area (Å²) in [5, 5.41) is 40.2. The summed E-state index contributed by atoms with van der Waals surface area (Å²) >= 11 is 0. The number of anilines is 1. The van der Waals surface area contributed by atoms with Gasteiger partial charge in [-0.05, 0) is 6.42 Å². The Labute approximate surface area is 129 Å². The molecule has 0 saturated carbocycles. The summed E-state index contributed by atoms with van der Waals surface area (Å²) in [6.45, 7) is 0.734. The fourth-order valence-electron chi connectivity index (χ4n) is 3.16. The highest BCUT2D eigenvalue weighted by Gasteiger charge is 2.47. The maximum atomic E-state index is 12.5. The molecule has 0 unspecified atom stereocenters. The fraction of sp³-hybridized carbons (Fsp3) is 0.615. The van der Waals surface area contributed by atoms with E-state index < -0.39 is 24.5 Å². The predicted octanol–water partition coefficient (Wildman–Crippen LogP) is -1.98. The van der Waals surface area contributed by atoms with Crippen LogP contribution in [0.2, 0.25) is 0 Å². The van der Waals surface area contributed by atoms with E-state index >= 15 is 0 Å². The van der Waals surface area contributed by atoms with E-state index in [1.807, 2.05) is 0 Å². The molecule has 2 bridgehead atoms. The monoisotopic (exact) mass is 323 g/mol. The molecule has 0 spiro atoms. The Kier molecular flexibility index (Phi) is 3.34. The lowest BCUT2D eigenvalue weighted by Gasteiger charge is -2.20. The lowest BCUT2D eigenvalue weighted by molar-refractivity contribution is -0.0351. The summed E-state index contributed by atoms with van der Waals surface area (Å²) in [4.78, 5) is 12.5. The Hall–Kier alpha value is -2.01. The maximum Gasteiger partial charge on any atom is 0.256 e. The molecule has 4 rings (SSSR count). The highest BCUT2D eigenvalue weighted by atomic mass is 16.6. The van der Waals surface area contributed by atoms with E-state index in [9.17, 15) is 15.0 Å². The van der Waals surface area contributed by atoms with Gasteiger partial charge in [-0.25, -0.2) is 4.68 Å². The van der Waals surface area contributed by atoms with Gasteiger partial charge in [-0.3, -0.25) is 9.36 Å². The van der Waals surface area contributed by atoms with Gasteiger partial charge in [-0.1, -0.05) is 5.21 Å². The molecule has 2 aliphatic rings. The maximum absolute atomic E-state index is 12.5. The minimum Gasteiger partial charge on any atom is -0.396 e. The number of aliphatic hydroxyl groups is 3. The van der Waals surface area contributed by atoms with E-state index in [0.717, 1.165) is 0 Å². The number of rotatable bonds is 4. The van der Waals surface area contributed by atoms with Crippen LogP contribution in [-0.2, 0) is 11.3 Å². The molecule has 1 saturated heterocycles. The van der Waals surface area contributed by atoms with Crippen molar-refractivity contribution in [2.24, 2.45) is 0 Å². The summed E-state index contributed by atoms with van der Waals surface area (Å²) in [5.74, 6) is 0. The normalized spacial score (nSPS) is 29.0. The van der Waals surface area contributed by atoms with E-state index in [1.54, 1.807) is 0 Å². The number of hydrogen-bond acceptors (Lipinski definition) is 8. The molecule has 0 aliphatic carbocycles. The summed E-state index contributed by atoms with van der Waals surface area (Å²) in [6.07, 6.45) is -3.34. The zero-order valence-corrected chi connectivity index (χ0v) is 12.2. The summed E-state index contributed by atoms with van der Waals surface area (Å²) in [7, 11) is 0. The van der Waals surface area contributed by atoms with Crippen molar-refractivity contribution in [3.05, 3.63) is 16.4 Å². The van der Waals surface area contributed by atoms with Gasteiger partial charge in [0, 0.05) is 19.2 Å². The second-order valence-electron chi connectivity index (χ2n) is 5.76. The van der Waals surface area contributed by atoms with Crippen molar-refractivity contribution in [3.8, 4) is 0 Å². The molecule has 10 heteroatoms. The largest absolute Gasteiger partial charge is 0.396 e. The first kappa shape index (κ1) is 14.6. The minimum absolute atomic E-state index is 0.0432. The Morgan fingerprint density at radius 2 is 2.22 bits per heavy atom. The molecule has 0 radical (unpaired) electrons. The standard InChI is InChI=1S/C13H17N5O5/c19-3-1-2-14-6-4-8(20)18-12-9(6)15-16-17(12)5-7-10(21)11(22)13(18)23-7/h4,7,10-11,13-14,19,21-22H,1-3,5H2/t7-,10-,11-,13-/m1/s1. The molecular weight excluding hydrogens is 306 g/mol. The zero-order valence-electron chi connectivity index (χ0n) is 12.2. The number of aliphatic hydroxyl groups excluding tert-OH is 3. The number of ether oxygens (including phenoxy) is 1. The number of pyridine rings is 1. The molecule has 0 aromatic carbocycles. The van der Waals surface area contributed by atoms with Gasteiger partial charge in [0.15, 0.2) is 17.4 Å². The fourth-order valence-corrected chi connectivity index (χ4v) is 3.16. The average Bonchev–Trinajstić information content (AvgIpc) is 2.99. The van der Waals surface area contributed by atoms with Crippen LogP contribution in [0.4, 0.5) is 5.69 Å². The van der Waals surface area contributed by atoms with Crippen LogP contribution < -0.4 is 10.9 Å². The van der Waals surface area contributed by atoms with Crippen LogP contribution in [0.5, 0.6) is 0 Å². The average molecular weight is 323 g/mol. The number of aromatic nitrogens is 4. The summed E-state index contributed by atoms with van der Waals surface area (Å²) < 4.78 is 8.41. The Bertz CT molecular complexity index is 802. The van der Waals surface area contributed by atoms with Crippen molar-refractivity contribution in [3.63, 3.8) is 0 Å². The van der Waals surface area contributed by atoms with Gasteiger partial charge in [0.2, 0.25) is 0 Å². The number of hydrogen-bond donors (Lipinski definition) is 4. The molecule has 4 N–H and O–H groups in total. The van der Waals surface area contributed by atoms with Crippen LogP contribution in [0.15, 0.2) is 10.9 Å². The molecule has 1 fully saturated rings. The number of fused-ring (bicyclic) bond motifs is 3. The second kappa shape index (κ2) is 5.27. The molecule has 23 heavy (non-hydrogen) atoms. The third-order valence-corrected chi connectivity index (χ3v) is 4.29. The van der Waals surface area contributed by atoms with Gasteiger partial charge in [0.25, 0.3) is 5.56 Å². The molecule has 4 atom stereocenters. The first-order valence-corrected chi connectivity index (χ1v) is 7.47. The topological polar surface area (TPSA) is 135 Å². The van der Waals surface area contributed by atoms with E-state index in [0.29, 0.717) is 29.8 Å². The minimum atomic E-state index is -1.18. The van der Waals surface area contributed by atoms with Crippen molar-refractivity contribution >= 4 is 16.9 Å². The Morgan fingerprint density at radius 3 is 3.00 bits per heavy atom. The number of nitrogens with zero attached hydrogens (tertiary/aromatic N) is 4. The van der Waals surface area contributed by atoms with Crippen LogP contribution in [0.3, 0.4) is 0 Å². The predicted molar refractivity (Wildman–Crippen MR) is 77.9 cm³/mol. The van der Waals surface area contributed by atoms with Gasteiger partial charge in [-0.2, -0.15) is 0 Å². The van der Waals surface area contributed by atoms with Crippen molar-refractivity contribution < 1.29 is 20.1 Å². The zero-order chi connectivity index (χ0) is 16.1. The van der Waals surface area contributed by atoms with Crippen LogP contribution >= 0.6 is 0 Å². The van der Waals surface area contributed by atoms with Crippen molar-refractivity contribution in [2.75, 3.05) is 18.5 Å². The molecular formula is C13H17N5O5. The second-order valence-corrected chi connectivity index (χ2v) is 5.76. The van der Waals surface area contributed by atoms with E-state index in [2.05, 4.69) is 15.6 Å². The van der Waals surface area contributed by atoms with Crippen LogP contribution in [0.1, 0.15) is 12.6 Å². The van der Waals surface area contributed by atoms with Crippen molar-refractivity contribution in [1.29, 1.82) is 0 Å². The quantitative estimate of drug-likeness (QED) is 0.476. The Morgan fingerprint density at radius 1 is 1.39 bits per heavy atom. The first-order chi connectivity index (χ1) is 11.1. The van der Waals surface area contributed by atoms with Crippen LogP contribution in [0, 0.1) is 0 Å². The van der Waals surface area contributed by atoms with Gasteiger partial charge in [0.05, 0.1) is 12.2 Å². The van der Waals surface area contributed by atoms with Gasteiger partial charge >= 0.3 is 0 Å². The van der Waals surface area contributed by atoms with Crippen LogP contribution in [-0.4, -0.2) is 66.3 Å². The lowest BCUT2D eigenvalue weighted by atomic mass is 10.1. The molecule has 2 aromatic heterocycles. The Balaban J connectivity index is 1.87. The summed E-state index contributed by atoms with van der Waals surface area (Å²) in [6, 6.07) is 1.36. The molecule has 2 aliphatic heterocycles. The van der Waals surface area contributed by atoms with Gasteiger partial charge in [-0.15, -0.1) is 5.10 Å². The highest BCUT2D eigenvalue weighted by molar-refractivity contribution is 5.85. The smallest absolute Gasteiger partial charge is 0.256 e. The van der Waals surface area contributed by atoms with E-state index in [-0.39, 0.29) is 18.7 Å². The van der Waals surface area contributed by atoms with Crippen molar-refractivity contribution in [1.82, 2.24) is 19.6 Å². The summed E-state index contributed by atoms with van der Waals surface area (Å²) in [5.41, 5.74) is 1.07. The third-order valence-electron chi connectivity index (χ3n) is 4.29. The van der Waals surface area contributed by atoms with Crippen molar-refractivity contribution in [2.45, 2.75) is 37.5 Å². The first-order valence-electron chi connectivity index (χ1n) is 7.47. The third kappa shape index (κ3) is 2.06. The number of nitrogens with one attached hydrogen (secondary N) is 1. The molecule has 0 amide bonds. The lowest BCUT2D eigenvalue weighted by Crippen LogP contribution is -2.38. The molecule has 124 valence electrons. The SMILES string of the molecule is O=c1cc(NCCCO)c2nnn3c2n1[C@@H]1O[C@H](C3)[C@@H](O)[C@H]1O. The van der Waals surface area contributed by atoms with Gasteiger partial charge < -0.3 is 25.4 Å². The molecule has 4 heterocycles. The van der Waals surface area contributed by atoms with E-state index in [1.165, 1.54) is 15.3 Å². The van der Waals surface area contributed by atoms with Crippen LogP contribution in [0.25, 0.3) is 11.2 Å². The molecule has 10 nitrogen and oxygen atoms in total. The highest BCUT2D eigenvalue weighted by Crippen LogP contribution is 2.35. The molecule has 2 aromatic rings. The van der Waals surface area contributed by atoms with E-state index in [4.69, 9.17) is 9.84 Å².